The maximum Gasteiger partial charge on any atom is 0.148 e. The van der Waals surface area contributed by atoms with Gasteiger partial charge in [0.1, 0.15) is 5.56 Å². The van der Waals surface area contributed by atoms with Gasteiger partial charge in [-0.2, -0.15) is 0 Å². The molecule has 0 radical (unpaired) electrons. The summed E-state index contributed by atoms with van der Waals surface area (Å²) < 4.78 is 5.55. The normalized spacial score (nSPS) is 24.3. The Morgan fingerprint density at radius 2 is 0.622 bits per heavy atom. The van der Waals surface area contributed by atoms with Crippen molar-refractivity contribution in [2.45, 2.75) is 110 Å². The number of halogens is 14. The minimum absolute atomic E-state index is 0.0584. The van der Waals surface area contributed by atoms with Gasteiger partial charge in [0.2, 0.25) is 0 Å². The lowest BCUT2D eigenvalue weighted by molar-refractivity contribution is 0.0943. The Kier molecular flexibility index (Phi) is 22.3. The maximum absolute atomic E-state index is 6.54. The highest BCUT2D eigenvalue weighted by molar-refractivity contribution is 6.45. The predicted molar refractivity (Wildman–Crippen MR) is 175 cm³/mol. The van der Waals surface area contributed by atoms with Crippen LogP contribution in [-0.4, -0.2) is 82.1 Å². The van der Waals surface area contributed by atoms with Crippen molar-refractivity contribution in [3.05, 3.63) is 0 Å². The molecule has 0 saturated heterocycles. The van der Waals surface area contributed by atoms with Gasteiger partial charge in [0.15, 0.2) is 0 Å². The third-order valence-electron chi connectivity index (χ3n) is 5.51. The SMILES string of the molecule is CC(C)CCOC(Cl)C(Cl)C(Cl)C(Cl)C(Cl)C(Cl)C(Cl)C(Cl)C(Cl)C(Cl)C(Cl)C(Cl)C(Cl)C(Cl)C(C)C. The maximum atomic E-state index is 6.54. The monoisotopic (exact) mass is 802 g/mol. The summed E-state index contributed by atoms with van der Waals surface area (Å²) in [5.41, 5.74) is -0.892. The number of hydrogen-bond donors (Lipinski definition) is 0. The second kappa shape index (κ2) is 20.1. The average Bonchev–Trinajstić information content (AvgIpc) is 2.86. The highest BCUT2D eigenvalue weighted by atomic mass is 35.5. The van der Waals surface area contributed by atoms with Gasteiger partial charge < -0.3 is 4.74 Å². The Labute approximate surface area is 292 Å². The van der Waals surface area contributed by atoms with E-state index in [2.05, 4.69) is 13.8 Å². The average molecular weight is 809 g/mol. The van der Waals surface area contributed by atoms with Crippen molar-refractivity contribution < 1.29 is 4.74 Å². The second-order valence-corrected chi connectivity index (χ2v) is 16.4. The lowest BCUT2D eigenvalue weighted by Crippen LogP contribution is -2.49. The fourth-order valence-corrected chi connectivity index (χ4v) is 8.04. The molecule has 0 fully saturated rings. The van der Waals surface area contributed by atoms with Crippen molar-refractivity contribution >= 4 is 162 Å². The third kappa shape index (κ3) is 13.3. The molecule has 14 unspecified atom stereocenters. The molecule has 0 N–H and O–H groups in total. The molecule has 0 rings (SSSR count). The molecule has 14 atom stereocenters. The van der Waals surface area contributed by atoms with Gasteiger partial charge in [-0.15, -0.1) is 151 Å². The van der Waals surface area contributed by atoms with Gasteiger partial charge >= 0.3 is 0 Å². The van der Waals surface area contributed by atoms with Crippen LogP contribution >= 0.6 is 162 Å². The highest BCUT2D eigenvalue weighted by Crippen LogP contribution is 2.39. The molecule has 0 aliphatic rings. The fourth-order valence-electron chi connectivity index (χ4n) is 2.95. The largest absolute Gasteiger partial charge is 0.361 e. The van der Waals surface area contributed by atoms with Crippen molar-refractivity contribution in [1.29, 1.82) is 0 Å². The zero-order valence-corrected chi connectivity index (χ0v) is 30.9. The van der Waals surface area contributed by atoms with E-state index in [1.54, 1.807) is 0 Å². The van der Waals surface area contributed by atoms with Crippen LogP contribution in [0.25, 0.3) is 0 Å². The topological polar surface area (TPSA) is 9.23 Å². The van der Waals surface area contributed by atoms with E-state index < -0.39 is 75.5 Å². The number of hydrogen-bond acceptors (Lipinski definition) is 1. The molecule has 15 heteroatoms. The quantitative estimate of drug-likeness (QED) is 0.125. The molecular formula is C22H32Cl14O. The first-order valence-electron chi connectivity index (χ1n) is 11.5. The lowest BCUT2D eigenvalue weighted by atomic mass is 9.99. The first-order chi connectivity index (χ1) is 16.9. The number of alkyl halides is 14. The fraction of sp³-hybridized carbons (Fsp3) is 1.00. The molecule has 1 nitrogen and oxygen atoms in total. The molecule has 0 heterocycles. The molecule has 0 spiro atoms. The van der Waals surface area contributed by atoms with Crippen molar-refractivity contribution in [2.75, 3.05) is 6.61 Å². The van der Waals surface area contributed by atoms with E-state index >= 15 is 0 Å². The van der Waals surface area contributed by atoms with Crippen molar-refractivity contribution in [2.24, 2.45) is 11.8 Å². The van der Waals surface area contributed by atoms with Gasteiger partial charge in [-0.05, 0) is 18.3 Å². The molecule has 0 saturated carbocycles. The Morgan fingerprint density at radius 3 is 0.865 bits per heavy atom. The van der Waals surface area contributed by atoms with Crippen molar-refractivity contribution in [1.82, 2.24) is 0 Å². The van der Waals surface area contributed by atoms with E-state index in [1.165, 1.54) is 0 Å². The van der Waals surface area contributed by atoms with Crippen LogP contribution in [0.2, 0.25) is 0 Å². The van der Waals surface area contributed by atoms with Crippen LogP contribution in [0.15, 0.2) is 0 Å². The molecule has 37 heavy (non-hydrogen) atoms. The van der Waals surface area contributed by atoms with Gasteiger partial charge in [0.25, 0.3) is 0 Å². The number of ether oxygens (including phenoxy) is 1. The zero-order chi connectivity index (χ0) is 29.4. The Bertz CT molecular complexity index is 616. The van der Waals surface area contributed by atoms with E-state index in [1.807, 2.05) is 13.8 Å². The molecule has 0 aromatic heterocycles. The summed E-state index contributed by atoms with van der Waals surface area (Å²) in [7, 11) is 0. The second-order valence-electron chi connectivity index (χ2n) is 9.43. The zero-order valence-electron chi connectivity index (χ0n) is 20.4. The van der Waals surface area contributed by atoms with Crippen LogP contribution in [0.1, 0.15) is 34.1 Å². The van der Waals surface area contributed by atoms with E-state index in [9.17, 15) is 0 Å². The lowest BCUT2D eigenvalue weighted by Gasteiger charge is -2.35. The van der Waals surface area contributed by atoms with Gasteiger partial charge in [0, 0.05) is 6.61 Å². The molecule has 0 aliphatic heterocycles. The van der Waals surface area contributed by atoms with E-state index in [0.29, 0.717) is 12.5 Å². The summed E-state index contributed by atoms with van der Waals surface area (Å²) in [6.07, 6.45) is 0.807. The number of rotatable bonds is 18. The molecule has 0 aromatic carbocycles. The van der Waals surface area contributed by atoms with Crippen molar-refractivity contribution in [3.8, 4) is 0 Å². The molecule has 0 amide bonds. The van der Waals surface area contributed by atoms with Gasteiger partial charge in [0.05, 0.1) is 69.9 Å². The van der Waals surface area contributed by atoms with Gasteiger partial charge in [-0.3, -0.25) is 0 Å². The minimum Gasteiger partial charge on any atom is -0.361 e. The summed E-state index contributed by atoms with van der Waals surface area (Å²) in [6.45, 7) is 8.36. The van der Waals surface area contributed by atoms with Gasteiger partial charge in [-0.25, -0.2) is 0 Å². The minimum atomic E-state index is -0.997. The highest BCUT2D eigenvalue weighted by Gasteiger charge is 2.45. The van der Waals surface area contributed by atoms with Crippen LogP contribution in [0.3, 0.4) is 0 Å². The Hall–Kier alpha value is 4.02. The predicted octanol–water partition coefficient (Wildman–Crippen LogP) is 11.2. The molecule has 224 valence electrons. The van der Waals surface area contributed by atoms with Crippen molar-refractivity contribution in [3.63, 3.8) is 0 Å². The van der Waals surface area contributed by atoms with Crippen LogP contribution in [0.4, 0.5) is 0 Å². The summed E-state index contributed by atoms with van der Waals surface area (Å²) in [5, 5.41) is -11.4. The molecular weight excluding hydrogens is 777 g/mol. The van der Waals surface area contributed by atoms with Crippen LogP contribution in [0.5, 0.6) is 0 Å². The summed E-state index contributed by atoms with van der Waals surface area (Å²) in [5.74, 6) is 0.498. The smallest absolute Gasteiger partial charge is 0.148 e. The summed E-state index contributed by atoms with van der Waals surface area (Å²) in [4.78, 5) is 0. The molecule has 0 aromatic rings. The Morgan fingerprint density at radius 1 is 0.378 bits per heavy atom. The summed E-state index contributed by atoms with van der Waals surface area (Å²) >= 11 is 90.5. The standard InChI is InChI=1S/C22H32Cl14O/c1-7(2)5-6-37-22(36)21(35)20(34)19(33)18(32)17(31)16(30)15(29)14(28)13(27)12(26)11(25)10(24)9(23)8(3)4/h7-22H,5-6H2,1-4H3. The van der Waals surface area contributed by atoms with Crippen LogP contribution < -0.4 is 0 Å². The first-order valence-corrected chi connectivity index (χ1v) is 17.6. The van der Waals surface area contributed by atoms with Crippen LogP contribution in [-0.2, 0) is 4.74 Å². The van der Waals surface area contributed by atoms with E-state index in [4.69, 9.17) is 167 Å². The first kappa shape index (κ1) is 41.0. The summed E-state index contributed by atoms with van der Waals surface area (Å²) in [6, 6.07) is 0. The molecule has 0 bridgehead atoms. The third-order valence-corrected chi connectivity index (χ3v) is 14.8. The van der Waals surface area contributed by atoms with Gasteiger partial charge in [-0.1, -0.05) is 39.3 Å². The Balaban J connectivity index is 5.19. The van der Waals surface area contributed by atoms with Crippen LogP contribution in [0, 0.1) is 11.8 Å². The van der Waals surface area contributed by atoms with E-state index in [0.717, 1.165) is 6.42 Å². The molecule has 0 aliphatic carbocycles. The van der Waals surface area contributed by atoms with E-state index in [-0.39, 0.29) is 5.92 Å².